The molecule has 0 radical (unpaired) electrons. The minimum atomic E-state index is 0.0841. The maximum atomic E-state index is 13.1. The zero-order chi connectivity index (χ0) is 20.5. The molecule has 2 aliphatic heterocycles. The average molecular weight is 422 g/mol. The second-order valence-electron chi connectivity index (χ2n) is 8.01. The predicted molar refractivity (Wildman–Crippen MR) is 117 cm³/mol. The second-order valence-corrected chi connectivity index (χ2v) is 8.45. The first kappa shape index (κ1) is 19.1. The van der Waals surface area contributed by atoms with Crippen molar-refractivity contribution < 1.29 is 4.79 Å². The van der Waals surface area contributed by atoms with E-state index in [1.165, 1.54) is 11.1 Å². The van der Waals surface area contributed by atoms with Crippen molar-refractivity contribution in [3.05, 3.63) is 71.3 Å². The summed E-state index contributed by atoms with van der Waals surface area (Å²) >= 11 is 6.10. The van der Waals surface area contributed by atoms with E-state index in [0.29, 0.717) is 6.54 Å². The zero-order valence-electron chi connectivity index (χ0n) is 16.7. The van der Waals surface area contributed by atoms with E-state index in [4.69, 9.17) is 11.6 Å². The van der Waals surface area contributed by atoms with Crippen LogP contribution in [-0.2, 0) is 17.8 Å². The van der Waals surface area contributed by atoms with Gasteiger partial charge in [-0.1, -0.05) is 17.7 Å². The molecule has 3 aromatic rings. The maximum Gasteiger partial charge on any atom is 0.226 e. The van der Waals surface area contributed by atoms with E-state index >= 15 is 0 Å². The van der Waals surface area contributed by atoms with Crippen LogP contribution in [0.4, 0.5) is 5.82 Å². The number of hydrogen-bond acceptors (Lipinski definition) is 4. The summed E-state index contributed by atoms with van der Waals surface area (Å²) in [7, 11) is 0. The van der Waals surface area contributed by atoms with Crippen molar-refractivity contribution in [1.82, 2.24) is 19.4 Å². The molecule has 0 N–H and O–H groups in total. The van der Waals surface area contributed by atoms with Crippen molar-refractivity contribution in [1.29, 1.82) is 0 Å². The molecule has 0 spiro atoms. The molecule has 0 aliphatic carbocycles. The summed E-state index contributed by atoms with van der Waals surface area (Å²) in [6.07, 6.45) is 8.14. The van der Waals surface area contributed by atoms with Gasteiger partial charge in [-0.3, -0.25) is 4.79 Å². The SMILES string of the molecule is O=C(C1CCN(c2cc(-n3cccc3)ncn2)CC1)N1CCc2cc(Cl)ccc2C1. The molecule has 154 valence electrons. The Morgan fingerprint density at radius 1 is 0.967 bits per heavy atom. The van der Waals surface area contributed by atoms with Crippen LogP contribution in [0.25, 0.3) is 5.82 Å². The lowest BCUT2D eigenvalue weighted by atomic mass is 9.93. The molecule has 7 heteroatoms. The number of nitrogens with zero attached hydrogens (tertiary/aromatic N) is 5. The fraction of sp³-hybridized carbons (Fsp3) is 0.348. The van der Waals surface area contributed by atoms with Crippen LogP contribution in [-0.4, -0.2) is 45.0 Å². The van der Waals surface area contributed by atoms with Crippen LogP contribution >= 0.6 is 11.6 Å². The number of aromatic nitrogens is 3. The maximum absolute atomic E-state index is 13.1. The summed E-state index contributed by atoms with van der Waals surface area (Å²) in [5, 5.41) is 0.769. The van der Waals surface area contributed by atoms with E-state index in [0.717, 1.165) is 55.6 Å². The molecule has 0 bridgehead atoms. The van der Waals surface area contributed by atoms with Crippen LogP contribution in [0.2, 0.25) is 5.02 Å². The standard InChI is InChI=1S/C23H24ClN5O/c24-20-4-3-19-15-29(12-7-18(19)13-20)23(30)17-5-10-28(11-6-17)22-14-21(25-16-26-22)27-8-1-2-9-27/h1-4,8-9,13-14,16-17H,5-7,10-12,15H2. The molecular weight excluding hydrogens is 398 g/mol. The van der Waals surface area contributed by atoms with E-state index < -0.39 is 0 Å². The first-order valence-electron chi connectivity index (χ1n) is 10.4. The number of anilines is 1. The third-order valence-corrected chi connectivity index (χ3v) is 6.40. The lowest BCUT2D eigenvalue weighted by molar-refractivity contribution is -0.137. The highest BCUT2D eigenvalue weighted by atomic mass is 35.5. The number of carbonyl (C=O) groups is 1. The first-order valence-corrected chi connectivity index (χ1v) is 10.8. The third-order valence-electron chi connectivity index (χ3n) is 6.17. The van der Waals surface area contributed by atoms with Crippen molar-refractivity contribution in [3.63, 3.8) is 0 Å². The number of carbonyl (C=O) groups excluding carboxylic acids is 1. The van der Waals surface area contributed by atoms with Gasteiger partial charge >= 0.3 is 0 Å². The Morgan fingerprint density at radius 3 is 2.53 bits per heavy atom. The molecule has 0 saturated carbocycles. The van der Waals surface area contributed by atoms with Gasteiger partial charge in [0.2, 0.25) is 5.91 Å². The smallest absolute Gasteiger partial charge is 0.226 e. The van der Waals surface area contributed by atoms with E-state index in [9.17, 15) is 4.79 Å². The quantitative estimate of drug-likeness (QED) is 0.646. The summed E-state index contributed by atoms with van der Waals surface area (Å²) in [5.74, 6) is 2.14. The summed E-state index contributed by atoms with van der Waals surface area (Å²) in [6.45, 7) is 3.13. The molecule has 6 nitrogen and oxygen atoms in total. The van der Waals surface area contributed by atoms with E-state index in [-0.39, 0.29) is 11.8 Å². The predicted octanol–water partition coefficient (Wildman–Crippen LogP) is 3.72. The summed E-state index contributed by atoms with van der Waals surface area (Å²) < 4.78 is 1.98. The van der Waals surface area contributed by atoms with Crippen molar-refractivity contribution in [2.45, 2.75) is 25.8 Å². The molecule has 0 unspecified atom stereocenters. The molecule has 1 fully saturated rings. The number of benzene rings is 1. The molecule has 2 aliphatic rings. The van der Waals surface area contributed by atoms with Gasteiger partial charge in [0.25, 0.3) is 0 Å². The van der Waals surface area contributed by atoms with Gasteiger partial charge in [-0.05, 0) is 54.7 Å². The van der Waals surface area contributed by atoms with Gasteiger partial charge in [-0.2, -0.15) is 0 Å². The Bertz CT molecular complexity index is 1040. The fourth-order valence-corrected chi connectivity index (χ4v) is 4.66. The average Bonchev–Trinajstić information content (AvgIpc) is 3.34. The van der Waals surface area contributed by atoms with E-state index in [1.54, 1.807) is 6.33 Å². The summed E-state index contributed by atoms with van der Waals surface area (Å²) in [5.41, 5.74) is 2.48. The Hall–Kier alpha value is -2.86. The van der Waals surface area contributed by atoms with Crippen LogP contribution < -0.4 is 4.90 Å². The highest BCUT2D eigenvalue weighted by Crippen LogP contribution is 2.28. The molecule has 4 heterocycles. The van der Waals surface area contributed by atoms with Crippen molar-refractivity contribution in [2.75, 3.05) is 24.5 Å². The largest absolute Gasteiger partial charge is 0.356 e. The third kappa shape index (κ3) is 3.79. The number of piperidine rings is 1. The monoisotopic (exact) mass is 421 g/mol. The van der Waals surface area contributed by atoms with Gasteiger partial charge in [0, 0.05) is 55.6 Å². The van der Waals surface area contributed by atoms with E-state index in [1.807, 2.05) is 52.2 Å². The Kier molecular flexibility index (Phi) is 5.17. The number of amides is 1. The lowest BCUT2D eigenvalue weighted by Crippen LogP contribution is -2.44. The van der Waals surface area contributed by atoms with Crippen molar-refractivity contribution in [3.8, 4) is 5.82 Å². The Balaban J connectivity index is 1.22. The van der Waals surface area contributed by atoms with Crippen LogP contribution in [0, 0.1) is 5.92 Å². The van der Waals surface area contributed by atoms with Gasteiger partial charge in [0.15, 0.2) is 0 Å². The Labute approximate surface area is 181 Å². The number of rotatable bonds is 3. The van der Waals surface area contributed by atoms with Crippen LogP contribution in [0.3, 0.4) is 0 Å². The highest BCUT2D eigenvalue weighted by molar-refractivity contribution is 6.30. The molecule has 0 atom stereocenters. The topological polar surface area (TPSA) is 54.3 Å². The van der Waals surface area contributed by atoms with Crippen LogP contribution in [0.1, 0.15) is 24.0 Å². The molecule has 2 aromatic heterocycles. The normalized spacial score (nSPS) is 17.1. The van der Waals surface area contributed by atoms with Gasteiger partial charge in [0.1, 0.15) is 18.0 Å². The Morgan fingerprint density at radius 2 is 1.73 bits per heavy atom. The summed E-state index contributed by atoms with van der Waals surface area (Å²) in [6, 6.07) is 12.0. The van der Waals surface area contributed by atoms with E-state index in [2.05, 4.69) is 20.9 Å². The van der Waals surface area contributed by atoms with Crippen LogP contribution in [0.5, 0.6) is 0 Å². The second kappa shape index (κ2) is 8.11. The molecule has 1 saturated heterocycles. The van der Waals surface area contributed by atoms with Gasteiger partial charge < -0.3 is 14.4 Å². The number of fused-ring (bicyclic) bond motifs is 1. The van der Waals surface area contributed by atoms with Gasteiger partial charge in [0.05, 0.1) is 0 Å². The minimum absolute atomic E-state index is 0.0841. The molecule has 1 amide bonds. The van der Waals surface area contributed by atoms with Crippen LogP contribution in [0.15, 0.2) is 55.1 Å². The van der Waals surface area contributed by atoms with Gasteiger partial charge in [-0.15, -0.1) is 0 Å². The molecule has 1 aromatic carbocycles. The first-order chi connectivity index (χ1) is 14.7. The van der Waals surface area contributed by atoms with Crippen molar-refractivity contribution in [2.24, 2.45) is 5.92 Å². The molecule has 5 rings (SSSR count). The highest BCUT2D eigenvalue weighted by Gasteiger charge is 2.30. The number of hydrogen-bond donors (Lipinski definition) is 0. The zero-order valence-corrected chi connectivity index (χ0v) is 17.5. The number of halogens is 1. The summed E-state index contributed by atoms with van der Waals surface area (Å²) in [4.78, 5) is 26.2. The van der Waals surface area contributed by atoms with Gasteiger partial charge in [-0.25, -0.2) is 9.97 Å². The lowest BCUT2D eigenvalue weighted by Gasteiger charge is -2.36. The molecular formula is C23H24ClN5O. The fourth-order valence-electron chi connectivity index (χ4n) is 4.46. The minimum Gasteiger partial charge on any atom is -0.356 e. The van der Waals surface area contributed by atoms with Crippen molar-refractivity contribution >= 4 is 23.3 Å². The molecule has 30 heavy (non-hydrogen) atoms.